The number of carbonyl (C=O) groups excluding carboxylic acids is 1. The fourth-order valence-electron chi connectivity index (χ4n) is 2.91. The van der Waals surface area contributed by atoms with E-state index in [2.05, 4.69) is 9.47 Å². The number of alkyl halides is 3. The molecule has 11 heteroatoms. The van der Waals surface area contributed by atoms with Gasteiger partial charge in [0, 0.05) is 0 Å². The van der Waals surface area contributed by atoms with Crippen LogP contribution in [0.5, 0.6) is 11.5 Å². The van der Waals surface area contributed by atoms with Crippen molar-refractivity contribution in [1.29, 1.82) is 0 Å². The van der Waals surface area contributed by atoms with Crippen LogP contribution in [0.2, 0.25) is 0 Å². The molecule has 0 atom stereocenters. The minimum atomic E-state index is -4.95. The van der Waals surface area contributed by atoms with Gasteiger partial charge in [0.25, 0.3) is 0 Å². The maximum absolute atomic E-state index is 12.7. The summed E-state index contributed by atoms with van der Waals surface area (Å²) < 4.78 is 84.1. The molecule has 1 aliphatic carbocycles. The molecule has 0 saturated heterocycles. The molecule has 1 saturated carbocycles. The number of rotatable bonds is 7. The Balaban J connectivity index is 2.22. The van der Waals surface area contributed by atoms with Crippen molar-refractivity contribution < 1.29 is 45.1 Å². The summed E-state index contributed by atoms with van der Waals surface area (Å²) >= 11 is 0. The quantitative estimate of drug-likeness (QED) is 0.487. The summed E-state index contributed by atoms with van der Waals surface area (Å²) in [5.74, 6) is -2.78. The number of benzene rings is 1. The molecule has 7 nitrogen and oxygen atoms in total. The molecule has 0 unspecified atom stereocenters. The topological polar surface area (TPSA) is 102 Å². The number of carbonyl (C=O) groups is 1. The van der Waals surface area contributed by atoms with Crippen LogP contribution < -0.4 is 9.47 Å². The molecule has 1 aromatic carbocycles. The lowest BCUT2D eigenvalue weighted by molar-refractivity contribution is -0.275. The van der Waals surface area contributed by atoms with Crippen molar-refractivity contribution >= 4 is 16.1 Å². The van der Waals surface area contributed by atoms with Gasteiger partial charge in [-0.3, -0.25) is 0 Å². The van der Waals surface area contributed by atoms with E-state index < -0.39 is 46.2 Å². The Hall–Kier alpha value is -2.01. The highest BCUT2D eigenvalue weighted by molar-refractivity contribution is 7.85. The molecular formula is C17H20F3O7S-. The van der Waals surface area contributed by atoms with Gasteiger partial charge in [-0.15, -0.1) is 13.2 Å². The third-order valence-electron chi connectivity index (χ3n) is 4.24. The van der Waals surface area contributed by atoms with Crippen LogP contribution >= 0.6 is 0 Å². The molecule has 28 heavy (non-hydrogen) atoms. The Kier molecular flexibility index (Phi) is 6.81. The van der Waals surface area contributed by atoms with E-state index in [1.807, 2.05) is 0 Å². The molecule has 0 bridgehead atoms. The number of esters is 1. The standard InChI is InChI=1S/C17H21F3O7S/c1-16(7-3-2-4-8-16)26-14-11-12(5-6-13(14)27-17(18,19)20)15(21)25-9-10-28(22,23)24/h5-6,11H,2-4,7-10H2,1H3,(H,22,23,24)/p-1. The third kappa shape index (κ3) is 7.19. The van der Waals surface area contributed by atoms with Crippen molar-refractivity contribution in [2.24, 2.45) is 0 Å². The van der Waals surface area contributed by atoms with Crippen molar-refractivity contribution in [3.8, 4) is 11.5 Å². The predicted octanol–water partition coefficient (Wildman–Crippen LogP) is 3.39. The minimum absolute atomic E-state index is 0.160. The number of ether oxygens (including phenoxy) is 3. The zero-order chi connectivity index (χ0) is 21.0. The molecule has 0 aromatic heterocycles. The van der Waals surface area contributed by atoms with Crippen molar-refractivity contribution in [2.75, 3.05) is 12.4 Å². The van der Waals surface area contributed by atoms with Gasteiger partial charge in [0.2, 0.25) is 0 Å². The summed E-state index contributed by atoms with van der Waals surface area (Å²) in [5, 5.41) is 0. The second-order valence-electron chi connectivity index (χ2n) is 6.72. The summed E-state index contributed by atoms with van der Waals surface area (Å²) in [6.07, 6.45) is -0.965. The zero-order valence-corrected chi connectivity index (χ0v) is 15.9. The van der Waals surface area contributed by atoms with Crippen LogP contribution in [0.15, 0.2) is 18.2 Å². The fourth-order valence-corrected chi connectivity index (χ4v) is 3.20. The van der Waals surface area contributed by atoms with Gasteiger partial charge in [-0.05, 0) is 50.8 Å². The van der Waals surface area contributed by atoms with E-state index in [0.717, 1.165) is 37.5 Å². The maximum atomic E-state index is 12.7. The van der Waals surface area contributed by atoms with Gasteiger partial charge >= 0.3 is 12.3 Å². The van der Waals surface area contributed by atoms with Crippen molar-refractivity contribution in [1.82, 2.24) is 0 Å². The Labute approximate surface area is 160 Å². The lowest BCUT2D eigenvalue weighted by Gasteiger charge is -2.34. The smallest absolute Gasteiger partial charge is 0.573 e. The average Bonchev–Trinajstić information content (AvgIpc) is 2.54. The third-order valence-corrected chi connectivity index (χ3v) is 4.91. The lowest BCUT2D eigenvalue weighted by Crippen LogP contribution is -2.35. The molecule has 1 aliphatic rings. The highest BCUT2D eigenvalue weighted by Crippen LogP contribution is 2.39. The molecule has 0 aliphatic heterocycles. The average molecular weight is 425 g/mol. The SMILES string of the molecule is CC1(Oc2cc(C(=O)OCCS(=O)(=O)[O-])ccc2OC(F)(F)F)CCCCC1. The summed E-state index contributed by atoms with van der Waals surface area (Å²) in [6, 6.07) is 3.01. The highest BCUT2D eigenvalue weighted by atomic mass is 32.2. The molecule has 158 valence electrons. The number of halogens is 3. The first-order valence-corrected chi connectivity index (χ1v) is 10.1. The summed E-state index contributed by atoms with van der Waals surface area (Å²) in [5.41, 5.74) is -0.867. The minimum Gasteiger partial charge on any atom is -0.748 e. The first-order valence-electron chi connectivity index (χ1n) is 8.56. The van der Waals surface area contributed by atoms with E-state index in [1.165, 1.54) is 0 Å². The van der Waals surface area contributed by atoms with Gasteiger partial charge in [0.05, 0.1) is 21.4 Å². The first-order chi connectivity index (χ1) is 12.9. The number of hydrogen-bond donors (Lipinski definition) is 0. The molecular weight excluding hydrogens is 405 g/mol. The van der Waals surface area contributed by atoms with Crippen LogP contribution in [0, 0.1) is 0 Å². The van der Waals surface area contributed by atoms with Crippen molar-refractivity contribution in [3.63, 3.8) is 0 Å². The Morgan fingerprint density at radius 2 is 1.82 bits per heavy atom. The zero-order valence-electron chi connectivity index (χ0n) is 15.1. The predicted molar refractivity (Wildman–Crippen MR) is 90.1 cm³/mol. The van der Waals surface area contributed by atoms with E-state index in [4.69, 9.17) is 4.74 Å². The molecule has 0 amide bonds. The molecule has 0 spiro atoms. The van der Waals surface area contributed by atoms with Gasteiger partial charge in [-0.1, -0.05) is 6.42 Å². The van der Waals surface area contributed by atoms with Crippen molar-refractivity contribution in [2.45, 2.75) is 51.0 Å². The lowest BCUT2D eigenvalue weighted by atomic mass is 9.86. The molecule has 1 fully saturated rings. The van der Waals surface area contributed by atoms with Gasteiger partial charge in [-0.25, -0.2) is 13.2 Å². The summed E-state index contributed by atoms with van der Waals surface area (Å²) in [4.78, 5) is 12.0. The summed E-state index contributed by atoms with van der Waals surface area (Å²) in [6.45, 7) is 1.10. The van der Waals surface area contributed by atoms with E-state index in [-0.39, 0.29) is 11.3 Å². The molecule has 0 heterocycles. The number of hydrogen-bond acceptors (Lipinski definition) is 7. The van der Waals surface area contributed by atoms with E-state index in [9.17, 15) is 30.9 Å². The monoisotopic (exact) mass is 425 g/mol. The second-order valence-corrected chi connectivity index (χ2v) is 8.24. The molecule has 2 rings (SSSR count). The van der Waals surface area contributed by atoms with Crippen LogP contribution in [0.4, 0.5) is 13.2 Å². The second kappa shape index (κ2) is 8.56. The molecule has 0 radical (unpaired) electrons. The molecule has 1 aromatic rings. The summed E-state index contributed by atoms with van der Waals surface area (Å²) in [7, 11) is -4.56. The van der Waals surface area contributed by atoms with Gasteiger partial charge in [0.1, 0.15) is 12.2 Å². The first kappa shape index (κ1) is 22.3. The Morgan fingerprint density at radius 3 is 2.39 bits per heavy atom. The van der Waals surface area contributed by atoms with Crippen molar-refractivity contribution in [3.05, 3.63) is 23.8 Å². The molecule has 0 N–H and O–H groups in total. The normalized spacial score (nSPS) is 17.0. The van der Waals surface area contributed by atoms with Crippen LogP contribution in [-0.2, 0) is 14.9 Å². The van der Waals surface area contributed by atoms with E-state index in [0.29, 0.717) is 12.8 Å². The van der Waals surface area contributed by atoms with Gasteiger partial charge in [-0.2, -0.15) is 0 Å². The van der Waals surface area contributed by atoms with Crippen LogP contribution in [0.1, 0.15) is 49.4 Å². The largest absolute Gasteiger partial charge is 0.748 e. The highest BCUT2D eigenvalue weighted by Gasteiger charge is 2.35. The Bertz CT molecular complexity index is 799. The maximum Gasteiger partial charge on any atom is 0.573 e. The van der Waals surface area contributed by atoms with Crippen LogP contribution in [0.25, 0.3) is 0 Å². The van der Waals surface area contributed by atoms with Crippen LogP contribution in [0.3, 0.4) is 0 Å². The van der Waals surface area contributed by atoms with Gasteiger partial charge in [0.15, 0.2) is 11.5 Å². The van der Waals surface area contributed by atoms with Gasteiger partial charge < -0.3 is 18.8 Å². The van der Waals surface area contributed by atoms with E-state index in [1.54, 1.807) is 6.92 Å². The fraction of sp³-hybridized carbons (Fsp3) is 0.588. The van der Waals surface area contributed by atoms with Crippen LogP contribution in [-0.4, -0.2) is 43.3 Å². The van der Waals surface area contributed by atoms with E-state index >= 15 is 0 Å². The Morgan fingerprint density at radius 1 is 1.18 bits per heavy atom.